The Bertz CT molecular complexity index is 1190. The van der Waals surface area contributed by atoms with Crippen LogP contribution in [0.25, 0.3) is 0 Å². The molecule has 6 nitrogen and oxygen atoms in total. The Balaban J connectivity index is 1.63. The highest BCUT2D eigenvalue weighted by molar-refractivity contribution is 7.05. The molecule has 32 heavy (non-hydrogen) atoms. The zero-order valence-corrected chi connectivity index (χ0v) is 17.8. The number of benzene rings is 2. The number of rotatable bonds is 4. The number of nitrogens with zero attached hydrogens (tertiary/aromatic N) is 4. The molecule has 1 saturated heterocycles. The van der Waals surface area contributed by atoms with Gasteiger partial charge in [0.05, 0.1) is 16.7 Å². The molecule has 0 aliphatic carbocycles. The van der Waals surface area contributed by atoms with Gasteiger partial charge in [0, 0.05) is 18.7 Å². The Hall–Kier alpha value is -3.45. The number of urea groups is 1. The summed E-state index contributed by atoms with van der Waals surface area (Å²) < 4.78 is 44.6. The van der Waals surface area contributed by atoms with Crippen molar-refractivity contribution >= 4 is 23.3 Å². The van der Waals surface area contributed by atoms with Gasteiger partial charge >= 0.3 is 6.03 Å². The van der Waals surface area contributed by atoms with Crippen molar-refractivity contribution in [3.05, 3.63) is 75.8 Å². The number of aromatic nitrogens is 2. The van der Waals surface area contributed by atoms with Crippen molar-refractivity contribution in [3.63, 3.8) is 0 Å². The third-order valence-corrected chi connectivity index (χ3v) is 6.58. The summed E-state index contributed by atoms with van der Waals surface area (Å²) in [4.78, 5) is 18.8. The summed E-state index contributed by atoms with van der Waals surface area (Å²) >= 11 is 1.18. The summed E-state index contributed by atoms with van der Waals surface area (Å²) in [7, 11) is 0. The maximum Gasteiger partial charge on any atom is 0.321 e. The number of nitrogens with one attached hydrogen (secondary N) is 1. The molecule has 1 aliphatic heterocycles. The predicted molar refractivity (Wildman–Crippen MR) is 113 cm³/mol. The second kappa shape index (κ2) is 8.59. The minimum Gasteiger partial charge on any atom is -0.323 e. The van der Waals surface area contributed by atoms with Crippen LogP contribution in [0.4, 0.5) is 23.7 Å². The number of carbonyl (C=O) groups excluding carboxylic acids is 1. The van der Waals surface area contributed by atoms with Gasteiger partial charge in [-0.25, -0.2) is 22.9 Å². The summed E-state index contributed by atoms with van der Waals surface area (Å²) in [6.45, 7) is 2.20. The first-order valence-corrected chi connectivity index (χ1v) is 10.5. The molecule has 1 aromatic heterocycles. The number of alkyl halides is 2. The number of amides is 2. The lowest BCUT2D eigenvalue weighted by molar-refractivity contribution is 0.151. The van der Waals surface area contributed by atoms with Crippen molar-refractivity contribution in [2.75, 3.05) is 18.4 Å². The lowest BCUT2D eigenvalue weighted by Gasteiger charge is -2.28. The molecule has 0 saturated carbocycles. The van der Waals surface area contributed by atoms with Gasteiger partial charge in [0.2, 0.25) is 0 Å². The van der Waals surface area contributed by atoms with Gasteiger partial charge in [0.15, 0.2) is 0 Å². The SMILES string of the molecule is Cc1ccc([C@]2(c3ncns3)CCN(C(=O)Nc3cc(C(F)F)ccc3C#N)C2)cc1F. The normalized spacial score (nSPS) is 18.1. The molecule has 0 unspecified atom stereocenters. The van der Waals surface area contributed by atoms with Crippen LogP contribution in [-0.4, -0.2) is 33.4 Å². The second-order valence-electron chi connectivity index (χ2n) is 7.61. The topological polar surface area (TPSA) is 81.9 Å². The largest absolute Gasteiger partial charge is 0.323 e. The number of likely N-dealkylation sites (tertiary alicyclic amines) is 1. The van der Waals surface area contributed by atoms with Gasteiger partial charge in [-0.1, -0.05) is 18.2 Å². The van der Waals surface area contributed by atoms with Gasteiger partial charge in [-0.15, -0.1) is 0 Å². The number of hydrogen-bond donors (Lipinski definition) is 1. The van der Waals surface area contributed by atoms with E-state index in [0.717, 1.165) is 12.1 Å². The molecule has 10 heteroatoms. The highest BCUT2D eigenvalue weighted by Crippen LogP contribution is 2.42. The van der Waals surface area contributed by atoms with E-state index in [1.807, 2.05) is 12.1 Å². The highest BCUT2D eigenvalue weighted by atomic mass is 32.1. The van der Waals surface area contributed by atoms with Crippen LogP contribution in [0.2, 0.25) is 0 Å². The molecule has 0 spiro atoms. The molecular formula is C22H18F3N5OS. The van der Waals surface area contributed by atoms with E-state index in [1.165, 1.54) is 34.9 Å². The summed E-state index contributed by atoms with van der Waals surface area (Å²) in [6.07, 6.45) is -0.823. The first-order valence-electron chi connectivity index (χ1n) is 9.76. The standard InChI is InChI=1S/C22H18F3N5OS/c1-13-2-5-16(9-17(13)23)22(20-27-12-28-32-20)6-7-30(11-22)21(31)29-18-8-14(19(24)25)3-4-15(18)10-26/h2-5,8-9,12,19H,6-7,11H2,1H3,(H,29,31)/t22-/m0/s1. The van der Waals surface area contributed by atoms with Crippen LogP contribution < -0.4 is 5.32 Å². The highest BCUT2D eigenvalue weighted by Gasteiger charge is 2.45. The maximum atomic E-state index is 14.4. The van der Waals surface area contributed by atoms with E-state index < -0.39 is 17.9 Å². The van der Waals surface area contributed by atoms with Gasteiger partial charge in [0.1, 0.15) is 23.2 Å². The number of anilines is 1. The molecule has 3 aromatic rings. The molecule has 4 rings (SSSR count). The minimum atomic E-state index is -2.73. The molecule has 1 aliphatic rings. The van der Waals surface area contributed by atoms with E-state index in [9.17, 15) is 23.2 Å². The maximum absolute atomic E-state index is 14.4. The van der Waals surface area contributed by atoms with Crippen LogP contribution in [0.15, 0.2) is 42.7 Å². The quantitative estimate of drug-likeness (QED) is 0.597. The van der Waals surface area contributed by atoms with Crippen molar-refractivity contribution < 1.29 is 18.0 Å². The Morgan fingerprint density at radius 1 is 1.31 bits per heavy atom. The fourth-order valence-electron chi connectivity index (χ4n) is 3.88. The fraction of sp³-hybridized carbons (Fsp3) is 0.273. The van der Waals surface area contributed by atoms with E-state index in [4.69, 9.17) is 0 Å². The van der Waals surface area contributed by atoms with Gasteiger partial charge in [-0.2, -0.15) is 9.64 Å². The van der Waals surface area contributed by atoms with E-state index in [1.54, 1.807) is 13.0 Å². The second-order valence-corrected chi connectivity index (χ2v) is 8.39. The lowest BCUT2D eigenvalue weighted by Crippen LogP contribution is -2.37. The van der Waals surface area contributed by atoms with Crippen LogP contribution in [0.5, 0.6) is 0 Å². The molecule has 2 aromatic carbocycles. The first-order chi connectivity index (χ1) is 15.3. The zero-order chi connectivity index (χ0) is 22.9. The smallest absolute Gasteiger partial charge is 0.321 e. The average molecular weight is 457 g/mol. The Morgan fingerprint density at radius 2 is 2.12 bits per heavy atom. The number of nitriles is 1. The molecule has 1 fully saturated rings. The number of hydrogen-bond acceptors (Lipinski definition) is 5. The Kier molecular flexibility index (Phi) is 5.84. The van der Waals surface area contributed by atoms with Crippen LogP contribution in [0.3, 0.4) is 0 Å². The first kappa shape index (κ1) is 21.8. The molecule has 1 N–H and O–H groups in total. The van der Waals surface area contributed by atoms with Gasteiger partial charge in [0.25, 0.3) is 6.43 Å². The van der Waals surface area contributed by atoms with Gasteiger partial charge in [-0.3, -0.25) is 0 Å². The van der Waals surface area contributed by atoms with Gasteiger partial charge < -0.3 is 10.2 Å². The summed E-state index contributed by atoms with van der Waals surface area (Å²) in [5.74, 6) is -0.350. The summed E-state index contributed by atoms with van der Waals surface area (Å²) in [5.41, 5.74) is 0.263. The van der Waals surface area contributed by atoms with Crippen molar-refractivity contribution in [2.24, 2.45) is 0 Å². The van der Waals surface area contributed by atoms with E-state index in [2.05, 4.69) is 14.7 Å². The van der Waals surface area contributed by atoms with E-state index >= 15 is 0 Å². The van der Waals surface area contributed by atoms with Crippen molar-refractivity contribution in [3.8, 4) is 6.07 Å². The van der Waals surface area contributed by atoms with Crippen LogP contribution in [0, 0.1) is 24.1 Å². The molecular weight excluding hydrogens is 439 g/mol. The number of carbonyl (C=O) groups is 1. The molecule has 0 bridgehead atoms. The summed E-state index contributed by atoms with van der Waals surface area (Å²) in [5, 5.41) is 12.5. The van der Waals surface area contributed by atoms with Gasteiger partial charge in [-0.05, 0) is 54.2 Å². The average Bonchev–Trinajstić information content (AvgIpc) is 3.46. The minimum absolute atomic E-state index is 0.0186. The monoisotopic (exact) mass is 457 g/mol. The predicted octanol–water partition coefficient (Wildman–Crippen LogP) is 5.02. The van der Waals surface area contributed by atoms with Crippen molar-refractivity contribution in [2.45, 2.75) is 25.2 Å². The number of aryl methyl sites for hydroxylation is 1. The lowest BCUT2D eigenvalue weighted by atomic mass is 9.80. The van der Waals surface area contributed by atoms with Crippen LogP contribution in [0.1, 0.15) is 40.1 Å². The molecule has 0 radical (unpaired) electrons. The Morgan fingerprint density at radius 3 is 2.78 bits per heavy atom. The Labute approximate surface area is 186 Å². The molecule has 1 atom stereocenters. The van der Waals surface area contributed by atoms with E-state index in [0.29, 0.717) is 29.1 Å². The summed E-state index contributed by atoms with van der Waals surface area (Å²) in [6, 6.07) is 9.83. The van der Waals surface area contributed by atoms with E-state index in [-0.39, 0.29) is 29.2 Å². The van der Waals surface area contributed by atoms with Crippen molar-refractivity contribution in [1.82, 2.24) is 14.3 Å². The fourth-order valence-corrected chi connectivity index (χ4v) is 4.63. The molecule has 2 heterocycles. The third-order valence-electron chi connectivity index (χ3n) is 5.71. The third kappa shape index (κ3) is 3.91. The molecule has 2 amide bonds. The zero-order valence-electron chi connectivity index (χ0n) is 17.0. The molecule has 164 valence electrons. The van der Waals surface area contributed by atoms with Crippen LogP contribution in [-0.2, 0) is 5.41 Å². The number of halogens is 3. The van der Waals surface area contributed by atoms with Crippen LogP contribution >= 0.6 is 11.5 Å². The van der Waals surface area contributed by atoms with Crippen molar-refractivity contribution in [1.29, 1.82) is 5.26 Å².